The van der Waals surface area contributed by atoms with E-state index in [1.807, 2.05) is 0 Å². The van der Waals surface area contributed by atoms with Gasteiger partial charge in [-0.1, -0.05) is 17.7 Å². The molecule has 0 heterocycles. The van der Waals surface area contributed by atoms with Gasteiger partial charge in [0.05, 0.1) is 12.2 Å². The van der Waals surface area contributed by atoms with Crippen molar-refractivity contribution in [1.82, 2.24) is 0 Å². The van der Waals surface area contributed by atoms with Gasteiger partial charge in [0.25, 0.3) is 0 Å². The molecular weight excluding hydrogens is 269 g/mol. The van der Waals surface area contributed by atoms with Crippen LogP contribution < -0.4 is 0 Å². The Bertz CT molecular complexity index is 467. The lowest BCUT2D eigenvalue weighted by atomic mass is 10.1. The van der Waals surface area contributed by atoms with E-state index in [9.17, 15) is 18.0 Å². The van der Waals surface area contributed by atoms with E-state index < -0.39 is 17.7 Å². The highest BCUT2D eigenvalue weighted by atomic mass is 35.5. The van der Waals surface area contributed by atoms with Gasteiger partial charge in [-0.05, 0) is 30.7 Å². The lowest BCUT2D eigenvalue weighted by Crippen LogP contribution is -2.04. The molecule has 0 aliphatic heterocycles. The maximum atomic E-state index is 12.4. The third kappa shape index (κ3) is 4.07. The molecule has 98 valence electrons. The molecule has 0 amide bonds. The van der Waals surface area contributed by atoms with Gasteiger partial charge >= 0.3 is 12.1 Å². The van der Waals surface area contributed by atoms with Crippen LogP contribution in [0.15, 0.2) is 24.3 Å². The van der Waals surface area contributed by atoms with Crippen LogP contribution in [0.25, 0.3) is 6.08 Å². The Morgan fingerprint density at radius 2 is 2.11 bits per heavy atom. The first-order valence-corrected chi connectivity index (χ1v) is 5.44. The molecule has 0 unspecified atom stereocenters. The number of carbonyl (C=O) groups excluding carboxylic acids is 1. The summed E-state index contributed by atoms with van der Waals surface area (Å²) >= 11 is 5.69. The summed E-state index contributed by atoms with van der Waals surface area (Å²) in [5.74, 6) is -0.575. The van der Waals surface area contributed by atoms with E-state index in [-0.39, 0.29) is 11.6 Å². The second-order valence-corrected chi connectivity index (χ2v) is 3.73. The predicted molar refractivity (Wildman–Crippen MR) is 62.1 cm³/mol. The van der Waals surface area contributed by atoms with Crippen LogP contribution in [0.2, 0.25) is 5.02 Å². The van der Waals surface area contributed by atoms with E-state index in [0.29, 0.717) is 5.56 Å². The lowest BCUT2D eigenvalue weighted by Gasteiger charge is -2.07. The van der Waals surface area contributed by atoms with Crippen molar-refractivity contribution in [3.63, 3.8) is 0 Å². The Balaban J connectivity index is 2.90. The highest BCUT2D eigenvalue weighted by Gasteiger charge is 2.30. The molecule has 6 heteroatoms. The van der Waals surface area contributed by atoms with Crippen LogP contribution in [0.5, 0.6) is 0 Å². The van der Waals surface area contributed by atoms with E-state index in [1.165, 1.54) is 12.1 Å². The van der Waals surface area contributed by atoms with Crippen LogP contribution in [0.1, 0.15) is 18.1 Å². The molecule has 1 aromatic rings. The van der Waals surface area contributed by atoms with Crippen molar-refractivity contribution in [2.75, 3.05) is 6.61 Å². The first kappa shape index (κ1) is 14.6. The molecule has 0 aliphatic rings. The summed E-state index contributed by atoms with van der Waals surface area (Å²) in [5, 5.41) is -0.0784. The standard InChI is InChI=1S/C12H10ClF3O2/c1-2-18-11(17)6-4-8-3-5-9(7-10(8)13)12(14,15)16/h3-7H,2H2,1H3/b6-4+. The fraction of sp³-hybridized carbons (Fsp3) is 0.250. The van der Waals surface area contributed by atoms with Crippen LogP contribution in [0.4, 0.5) is 13.2 Å². The molecule has 0 radical (unpaired) electrons. The molecule has 0 spiro atoms. The van der Waals surface area contributed by atoms with Crippen molar-refractivity contribution in [3.05, 3.63) is 40.4 Å². The van der Waals surface area contributed by atoms with Crippen LogP contribution >= 0.6 is 11.6 Å². The van der Waals surface area contributed by atoms with Crippen molar-refractivity contribution in [2.24, 2.45) is 0 Å². The van der Waals surface area contributed by atoms with E-state index >= 15 is 0 Å². The van der Waals surface area contributed by atoms with E-state index in [1.54, 1.807) is 6.92 Å². The number of carbonyl (C=O) groups is 1. The van der Waals surface area contributed by atoms with Gasteiger partial charge in [0, 0.05) is 11.1 Å². The van der Waals surface area contributed by atoms with Crippen LogP contribution in [0.3, 0.4) is 0 Å². The third-order valence-electron chi connectivity index (χ3n) is 2.01. The molecule has 0 N–H and O–H groups in total. The zero-order valence-corrected chi connectivity index (χ0v) is 10.2. The Labute approximate surface area is 107 Å². The Hall–Kier alpha value is -1.49. The summed E-state index contributed by atoms with van der Waals surface area (Å²) in [6, 6.07) is 2.91. The first-order chi connectivity index (χ1) is 8.34. The van der Waals surface area contributed by atoms with Crippen molar-refractivity contribution in [3.8, 4) is 0 Å². The molecule has 18 heavy (non-hydrogen) atoms. The minimum Gasteiger partial charge on any atom is -0.463 e. The van der Waals surface area contributed by atoms with Gasteiger partial charge in [-0.3, -0.25) is 0 Å². The lowest BCUT2D eigenvalue weighted by molar-refractivity contribution is -0.138. The monoisotopic (exact) mass is 278 g/mol. The Morgan fingerprint density at radius 1 is 1.44 bits per heavy atom. The van der Waals surface area contributed by atoms with Crippen molar-refractivity contribution in [2.45, 2.75) is 13.1 Å². The maximum Gasteiger partial charge on any atom is 0.416 e. The summed E-state index contributed by atoms with van der Waals surface area (Å²) in [6.45, 7) is 1.88. The number of benzene rings is 1. The Kier molecular flexibility index (Phi) is 4.78. The smallest absolute Gasteiger partial charge is 0.416 e. The summed E-state index contributed by atoms with van der Waals surface area (Å²) in [6.07, 6.45) is -2.02. The second kappa shape index (κ2) is 5.91. The number of ether oxygens (including phenoxy) is 1. The summed E-state index contributed by atoms with van der Waals surface area (Å²) < 4.78 is 41.7. The van der Waals surface area contributed by atoms with Gasteiger partial charge in [0.2, 0.25) is 0 Å². The van der Waals surface area contributed by atoms with Gasteiger partial charge in [-0.2, -0.15) is 13.2 Å². The highest BCUT2D eigenvalue weighted by molar-refractivity contribution is 6.32. The molecule has 0 bridgehead atoms. The molecule has 0 saturated heterocycles. The minimum absolute atomic E-state index is 0.0784. The second-order valence-electron chi connectivity index (χ2n) is 3.32. The van der Waals surface area contributed by atoms with E-state index in [0.717, 1.165) is 18.2 Å². The zero-order chi connectivity index (χ0) is 13.8. The van der Waals surface area contributed by atoms with Gasteiger partial charge in [0.1, 0.15) is 0 Å². The molecule has 0 atom stereocenters. The fourth-order valence-corrected chi connectivity index (χ4v) is 1.43. The molecule has 0 aromatic heterocycles. The fourth-order valence-electron chi connectivity index (χ4n) is 1.19. The molecule has 0 saturated carbocycles. The highest BCUT2D eigenvalue weighted by Crippen LogP contribution is 2.32. The Morgan fingerprint density at radius 3 is 2.61 bits per heavy atom. The summed E-state index contributed by atoms with van der Waals surface area (Å²) in [4.78, 5) is 11.0. The average molecular weight is 279 g/mol. The van der Waals surface area contributed by atoms with E-state index in [4.69, 9.17) is 11.6 Å². The summed E-state index contributed by atoms with van der Waals surface area (Å²) in [5.41, 5.74) is -0.515. The average Bonchev–Trinajstić information content (AvgIpc) is 2.26. The van der Waals surface area contributed by atoms with Crippen LogP contribution in [0, 0.1) is 0 Å². The molecular formula is C12H10ClF3O2. The SMILES string of the molecule is CCOC(=O)/C=C/c1ccc(C(F)(F)F)cc1Cl. The maximum absolute atomic E-state index is 12.4. The quantitative estimate of drug-likeness (QED) is 0.618. The largest absolute Gasteiger partial charge is 0.463 e. The number of esters is 1. The molecule has 1 rings (SSSR count). The number of hydrogen-bond acceptors (Lipinski definition) is 2. The third-order valence-corrected chi connectivity index (χ3v) is 2.34. The number of rotatable bonds is 3. The van der Waals surface area contributed by atoms with Crippen molar-refractivity contribution < 1.29 is 22.7 Å². The van der Waals surface area contributed by atoms with Gasteiger partial charge in [-0.25, -0.2) is 4.79 Å². The number of alkyl halides is 3. The van der Waals surface area contributed by atoms with Crippen molar-refractivity contribution >= 4 is 23.6 Å². The summed E-state index contributed by atoms with van der Waals surface area (Å²) in [7, 11) is 0. The number of hydrogen-bond donors (Lipinski definition) is 0. The number of halogens is 4. The minimum atomic E-state index is -4.44. The molecule has 0 fully saturated rings. The zero-order valence-electron chi connectivity index (χ0n) is 9.42. The predicted octanol–water partition coefficient (Wildman–Crippen LogP) is 3.94. The first-order valence-electron chi connectivity index (χ1n) is 5.06. The van der Waals surface area contributed by atoms with Crippen LogP contribution in [-0.4, -0.2) is 12.6 Å². The van der Waals surface area contributed by atoms with Crippen molar-refractivity contribution in [1.29, 1.82) is 0 Å². The molecule has 2 nitrogen and oxygen atoms in total. The van der Waals surface area contributed by atoms with Gasteiger partial charge in [0.15, 0.2) is 0 Å². The topological polar surface area (TPSA) is 26.3 Å². The van der Waals surface area contributed by atoms with E-state index in [2.05, 4.69) is 4.74 Å². The van der Waals surface area contributed by atoms with Crippen LogP contribution in [-0.2, 0) is 15.7 Å². The van der Waals surface area contributed by atoms with Gasteiger partial charge < -0.3 is 4.74 Å². The normalized spacial score (nSPS) is 11.8. The molecule has 0 aliphatic carbocycles. The van der Waals surface area contributed by atoms with Gasteiger partial charge in [-0.15, -0.1) is 0 Å². The molecule has 1 aromatic carbocycles.